The van der Waals surface area contributed by atoms with Crippen molar-refractivity contribution in [3.05, 3.63) is 106 Å². The number of benzene rings is 3. The number of hydrogen-bond donors (Lipinski definition) is 1. The van der Waals surface area contributed by atoms with Gasteiger partial charge in [0, 0.05) is 43.3 Å². The van der Waals surface area contributed by atoms with E-state index in [4.69, 9.17) is 31.3 Å². The molecule has 3 aromatic carbocycles. The van der Waals surface area contributed by atoms with Gasteiger partial charge < -0.3 is 24.4 Å². The number of aryl methyl sites for hydroxylation is 1. The van der Waals surface area contributed by atoms with Gasteiger partial charge >= 0.3 is 0 Å². The number of nitrogens with zero attached hydrogens (tertiary/aromatic N) is 6. The number of aromatic nitrogens is 4. The second kappa shape index (κ2) is 12.1. The maximum Gasteiger partial charge on any atom is 0.253 e. The van der Waals surface area contributed by atoms with Gasteiger partial charge in [-0.2, -0.15) is 9.97 Å². The van der Waals surface area contributed by atoms with Crippen LogP contribution in [0.15, 0.2) is 79.1 Å². The van der Waals surface area contributed by atoms with Gasteiger partial charge in [-0.05, 0) is 48.4 Å². The molecule has 1 fully saturated rings. The maximum atomic E-state index is 13.1. The van der Waals surface area contributed by atoms with Crippen molar-refractivity contribution in [2.24, 2.45) is 0 Å². The molecule has 2 aromatic heterocycles. The van der Waals surface area contributed by atoms with E-state index in [2.05, 4.69) is 46.0 Å². The minimum atomic E-state index is 0.00648. The van der Waals surface area contributed by atoms with Crippen molar-refractivity contribution in [3.63, 3.8) is 0 Å². The molecule has 1 amide bonds. The first-order chi connectivity index (χ1) is 20.5. The molecule has 0 bridgehead atoms. The van der Waals surface area contributed by atoms with E-state index in [1.807, 2.05) is 47.6 Å². The summed E-state index contributed by atoms with van der Waals surface area (Å²) in [6.45, 7) is 5.59. The predicted octanol–water partition coefficient (Wildman–Crippen LogP) is 5.42. The number of imidazole rings is 1. The molecule has 214 valence electrons. The number of nitrogens with one attached hydrogen (secondary N) is 1. The Balaban J connectivity index is 1.26. The number of amides is 1. The molecule has 1 N–H and O–H groups in total. The van der Waals surface area contributed by atoms with E-state index >= 15 is 0 Å². The number of ether oxygens (including phenoxy) is 1. The van der Waals surface area contributed by atoms with Gasteiger partial charge in [-0.25, -0.2) is 4.98 Å². The summed E-state index contributed by atoms with van der Waals surface area (Å²) in [6.07, 6.45) is 1.82. The SMILES string of the molecule is COc1ccc(C(=O)N2CCN(c3nc(NCc4ccccc4Cl)c4ncn(Cc5cccc(C)c5)c4n3)CC2)cc1. The molecule has 0 atom stereocenters. The highest BCUT2D eigenvalue weighted by atomic mass is 35.5. The molecule has 0 radical (unpaired) electrons. The number of fused-ring (bicyclic) bond motifs is 1. The van der Waals surface area contributed by atoms with E-state index in [-0.39, 0.29) is 5.91 Å². The highest BCUT2D eigenvalue weighted by Gasteiger charge is 2.25. The van der Waals surface area contributed by atoms with Crippen LogP contribution in [0.2, 0.25) is 5.02 Å². The molecule has 5 aromatic rings. The van der Waals surface area contributed by atoms with Gasteiger partial charge in [-0.1, -0.05) is 59.6 Å². The highest BCUT2D eigenvalue weighted by molar-refractivity contribution is 6.31. The zero-order valence-electron chi connectivity index (χ0n) is 23.6. The number of methoxy groups -OCH3 is 1. The molecular formula is C32H32ClN7O2. The van der Waals surface area contributed by atoms with E-state index in [9.17, 15) is 4.79 Å². The van der Waals surface area contributed by atoms with Crippen LogP contribution in [-0.2, 0) is 13.1 Å². The number of rotatable bonds is 8. The van der Waals surface area contributed by atoms with Crippen LogP contribution in [0.1, 0.15) is 27.0 Å². The zero-order valence-corrected chi connectivity index (χ0v) is 24.4. The normalized spacial score (nSPS) is 13.4. The van der Waals surface area contributed by atoms with Crippen LogP contribution in [0, 0.1) is 6.92 Å². The van der Waals surface area contributed by atoms with Gasteiger partial charge in [0.25, 0.3) is 5.91 Å². The minimum Gasteiger partial charge on any atom is -0.497 e. The average Bonchev–Trinajstić information content (AvgIpc) is 3.43. The second-order valence-corrected chi connectivity index (χ2v) is 10.8. The van der Waals surface area contributed by atoms with E-state index in [0.29, 0.717) is 67.1 Å². The van der Waals surface area contributed by atoms with E-state index in [0.717, 1.165) is 17.0 Å². The van der Waals surface area contributed by atoms with Crippen molar-refractivity contribution >= 4 is 40.4 Å². The quantitative estimate of drug-likeness (QED) is 0.262. The monoisotopic (exact) mass is 581 g/mol. The van der Waals surface area contributed by atoms with Crippen LogP contribution in [0.5, 0.6) is 5.75 Å². The Kier molecular flexibility index (Phi) is 7.92. The number of anilines is 2. The first-order valence-corrected chi connectivity index (χ1v) is 14.3. The van der Waals surface area contributed by atoms with Crippen LogP contribution >= 0.6 is 11.6 Å². The van der Waals surface area contributed by atoms with Crippen molar-refractivity contribution in [2.75, 3.05) is 43.5 Å². The Hall–Kier alpha value is -4.63. The Bertz CT molecular complexity index is 1710. The van der Waals surface area contributed by atoms with Crippen molar-refractivity contribution in [3.8, 4) is 5.75 Å². The molecule has 1 saturated heterocycles. The summed E-state index contributed by atoms with van der Waals surface area (Å²) < 4.78 is 7.28. The lowest BCUT2D eigenvalue weighted by Gasteiger charge is -2.35. The number of piperazine rings is 1. The summed E-state index contributed by atoms with van der Waals surface area (Å²) in [6, 6.07) is 23.4. The molecule has 0 unspecified atom stereocenters. The van der Waals surface area contributed by atoms with Crippen molar-refractivity contribution in [1.82, 2.24) is 24.4 Å². The topological polar surface area (TPSA) is 88.4 Å². The number of hydrogen-bond acceptors (Lipinski definition) is 7. The molecule has 10 heteroatoms. The zero-order chi connectivity index (χ0) is 29.1. The first-order valence-electron chi connectivity index (χ1n) is 13.9. The summed E-state index contributed by atoms with van der Waals surface area (Å²) in [4.78, 5) is 31.7. The maximum absolute atomic E-state index is 13.1. The summed E-state index contributed by atoms with van der Waals surface area (Å²) in [5, 5.41) is 4.15. The Labute approximate surface area is 249 Å². The van der Waals surface area contributed by atoms with Gasteiger partial charge in [-0.15, -0.1) is 0 Å². The lowest BCUT2D eigenvalue weighted by Crippen LogP contribution is -2.49. The van der Waals surface area contributed by atoms with E-state index in [1.54, 1.807) is 19.2 Å². The molecule has 1 aliphatic rings. The molecule has 42 heavy (non-hydrogen) atoms. The lowest BCUT2D eigenvalue weighted by atomic mass is 10.1. The number of halogens is 1. The van der Waals surface area contributed by atoms with Gasteiger partial charge in [0.1, 0.15) is 5.75 Å². The molecule has 0 saturated carbocycles. The molecule has 1 aliphatic heterocycles. The molecule has 6 rings (SSSR count). The van der Waals surface area contributed by atoms with E-state index in [1.165, 1.54) is 11.1 Å². The second-order valence-electron chi connectivity index (χ2n) is 10.4. The largest absolute Gasteiger partial charge is 0.497 e. The highest BCUT2D eigenvalue weighted by Crippen LogP contribution is 2.26. The fraction of sp³-hybridized carbons (Fsp3) is 0.250. The van der Waals surface area contributed by atoms with E-state index < -0.39 is 0 Å². The summed E-state index contributed by atoms with van der Waals surface area (Å²) in [5.74, 6) is 1.98. The van der Waals surface area contributed by atoms with Gasteiger partial charge in [0.05, 0.1) is 20.0 Å². The standard InChI is InChI=1S/C32H32ClN7O2/c1-22-6-5-7-23(18-22)20-40-21-35-28-29(34-19-25-8-3-4-9-27(25)33)36-32(37-30(28)40)39-16-14-38(15-17-39)31(41)24-10-12-26(42-2)13-11-24/h3-13,18,21H,14-17,19-20H2,1-2H3,(H,34,36,37). The van der Waals surface area contributed by atoms with Crippen molar-refractivity contribution < 1.29 is 9.53 Å². The molecule has 9 nitrogen and oxygen atoms in total. The van der Waals surface area contributed by atoms with Crippen LogP contribution in [0.25, 0.3) is 11.2 Å². The van der Waals surface area contributed by atoms with Gasteiger partial charge in [0.2, 0.25) is 5.95 Å². The Morgan fingerprint density at radius 1 is 0.976 bits per heavy atom. The first kappa shape index (κ1) is 27.5. The van der Waals surface area contributed by atoms with Gasteiger partial charge in [-0.3, -0.25) is 4.79 Å². The van der Waals surface area contributed by atoms with Crippen LogP contribution in [0.3, 0.4) is 0 Å². The predicted molar refractivity (Wildman–Crippen MR) is 165 cm³/mol. The number of carbonyl (C=O) groups is 1. The summed E-state index contributed by atoms with van der Waals surface area (Å²) in [5.41, 5.74) is 5.44. The smallest absolute Gasteiger partial charge is 0.253 e. The average molecular weight is 582 g/mol. The lowest BCUT2D eigenvalue weighted by molar-refractivity contribution is 0.0746. The van der Waals surface area contributed by atoms with Crippen LogP contribution in [-0.4, -0.2) is 63.6 Å². The van der Waals surface area contributed by atoms with Crippen LogP contribution in [0.4, 0.5) is 11.8 Å². The summed E-state index contributed by atoms with van der Waals surface area (Å²) in [7, 11) is 1.61. The third-order valence-corrected chi connectivity index (χ3v) is 7.85. The van der Waals surface area contributed by atoms with Crippen LogP contribution < -0.4 is 15.0 Å². The Morgan fingerprint density at radius 3 is 2.50 bits per heavy atom. The molecule has 0 aliphatic carbocycles. The van der Waals surface area contributed by atoms with Crippen molar-refractivity contribution in [2.45, 2.75) is 20.0 Å². The molecule has 0 spiro atoms. The third-order valence-electron chi connectivity index (χ3n) is 7.48. The van der Waals surface area contributed by atoms with Crippen molar-refractivity contribution in [1.29, 1.82) is 0 Å². The molecule has 3 heterocycles. The molecular weight excluding hydrogens is 550 g/mol. The number of carbonyl (C=O) groups excluding carboxylic acids is 1. The fourth-order valence-electron chi connectivity index (χ4n) is 5.17. The minimum absolute atomic E-state index is 0.00648. The fourth-order valence-corrected chi connectivity index (χ4v) is 5.37. The van der Waals surface area contributed by atoms with Gasteiger partial charge in [0.15, 0.2) is 17.0 Å². The third kappa shape index (κ3) is 5.87. The summed E-state index contributed by atoms with van der Waals surface area (Å²) >= 11 is 6.43. The Morgan fingerprint density at radius 2 is 1.76 bits per heavy atom.